The van der Waals surface area contributed by atoms with Gasteiger partial charge in [0.1, 0.15) is 0 Å². The summed E-state index contributed by atoms with van der Waals surface area (Å²) in [5, 5.41) is 4.43. The standard InChI is InChI=1S/C18H20ClNS/c1-12-6-7-13(2)18(10-12)21-17-5-3-4-16(19)15(17)11-20-14-8-9-14/h3-7,10,14,20H,8-9,11H2,1-2H3. The summed E-state index contributed by atoms with van der Waals surface area (Å²) in [7, 11) is 0. The number of hydrogen-bond donors (Lipinski definition) is 1. The molecule has 110 valence electrons. The van der Waals surface area contributed by atoms with Crippen molar-refractivity contribution in [1.82, 2.24) is 5.32 Å². The minimum absolute atomic E-state index is 0.694. The number of nitrogens with one attached hydrogen (secondary N) is 1. The molecule has 0 atom stereocenters. The first-order chi connectivity index (χ1) is 10.1. The average molecular weight is 318 g/mol. The molecule has 2 aromatic carbocycles. The zero-order chi connectivity index (χ0) is 14.8. The van der Waals surface area contributed by atoms with E-state index in [1.165, 1.54) is 39.3 Å². The van der Waals surface area contributed by atoms with E-state index in [0.717, 1.165) is 11.6 Å². The molecule has 1 fully saturated rings. The molecule has 0 radical (unpaired) electrons. The predicted molar refractivity (Wildman–Crippen MR) is 91.4 cm³/mol. The van der Waals surface area contributed by atoms with Crippen molar-refractivity contribution < 1.29 is 0 Å². The molecule has 0 saturated heterocycles. The number of hydrogen-bond acceptors (Lipinski definition) is 2. The van der Waals surface area contributed by atoms with Crippen LogP contribution in [0.2, 0.25) is 5.02 Å². The number of halogens is 1. The van der Waals surface area contributed by atoms with Crippen molar-refractivity contribution in [3.8, 4) is 0 Å². The van der Waals surface area contributed by atoms with Gasteiger partial charge in [0.05, 0.1) is 0 Å². The quantitative estimate of drug-likeness (QED) is 0.796. The van der Waals surface area contributed by atoms with Gasteiger partial charge in [-0.1, -0.05) is 41.6 Å². The van der Waals surface area contributed by atoms with E-state index in [-0.39, 0.29) is 0 Å². The Hall–Kier alpha value is -0.960. The molecular weight excluding hydrogens is 298 g/mol. The van der Waals surface area contributed by atoms with Gasteiger partial charge in [-0.15, -0.1) is 0 Å². The molecule has 1 aliphatic carbocycles. The lowest BCUT2D eigenvalue weighted by atomic mass is 10.2. The summed E-state index contributed by atoms with van der Waals surface area (Å²) >= 11 is 8.23. The summed E-state index contributed by atoms with van der Waals surface area (Å²) in [6, 6.07) is 13.5. The molecule has 1 saturated carbocycles. The smallest absolute Gasteiger partial charge is 0.0462 e. The number of aryl methyl sites for hydroxylation is 2. The molecule has 1 aliphatic rings. The SMILES string of the molecule is Cc1ccc(C)c(Sc2cccc(Cl)c2CNC2CC2)c1. The van der Waals surface area contributed by atoms with Crippen molar-refractivity contribution in [2.45, 2.75) is 49.1 Å². The molecule has 1 nitrogen and oxygen atoms in total. The lowest BCUT2D eigenvalue weighted by molar-refractivity contribution is 0.680. The van der Waals surface area contributed by atoms with Crippen molar-refractivity contribution in [3.63, 3.8) is 0 Å². The van der Waals surface area contributed by atoms with Crippen molar-refractivity contribution >= 4 is 23.4 Å². The van der Waals surface area contributed by atoms with Gasteiger partial charge in [-0.05, 0) is 61.6 Å². The van der Waals surface area contributed by atoms with Crippen molar-refractivity contribution in [3.05, 3.63) is 58.1 Å². The summed E-state index contributed by atoms with van der Waals surface area (Å²) in [6.45, 7) is 5.16. The Labute approximate surface area is 136 Å². The minimum atomic E-state index is 0.694. The summed E-state index contributed by atoms with van der Waals surface area (Å²) < 4.78 is 0. The van der Waals surface area contributed by atoms with Gasteiger partial charge in [0.15, 0.2) is 0 Å². The van der Waals surface area contributed by atoms with E-state index >= 15 is 0 Å². The molecule has 0 amide bonds. The van der Waals surface area contributed by atoms with E-state index in [2.05, 4.69) is 43.4 Å². The van der Waals surface area contributed by atoms with Crippen molar-refractivity contribution in [1.29, 1.82) is 0 Å². The summed E-state index contributed by atoms with van der Waals surface area (Å²) in [4.78, 5) is 2.56. The van der Waals surface area contributed by atoms with Crippen LogP contribution in [0.25, 0.3) is 0 Å². The molecule has 0 aliphatic heterocycles. The van der Waals surface area contributed by atoms with Crippen LogP contribution in [0.1, 0.15) is 29.5 Å². The lowest BCUT2D eigenvalue weighted by Crippen LogP contribution is -2.16. The summed E-state index contributed by atoms with van der Waals surface area (Å²) in [6.07, 6.45) is 2.59. The topological polar surface area (TPSA) is 12.0 Å². The number of rotatable bonds is 5. The van der Waals surface area contributed by atoms with Gasteiger partial charge in [-0.25, -0.2) is 0 Å². The van der Waals surface area contributed by atoms with Gasteiger partial charge in [0.25, 0.3) is 0 Å². The largest absolute Gasteiger partial charge is 0.310 e. The highest BCUT2D eigenvalue weighted by atomic mass is 35.5. The van der Waals surface area contributed by atoms with Crippen LogP contribution in [0.5, 0.6) is 0 Å². The fourth-order valence-corrected chi connectivity index (χ4v) is 3.74. The molecule has 3 heteroatoms. The highest BCUT2D eigenvalue weighted by molar-refractivity contribution is 7.99. The molecule has 21 heavy (non-hydrogen) atoms. The zero-order valence-corrected chi connectivity index (χ0v) is 14.0. The molecule has 3 rings (SSSR count). The Balaban J connectivity index is 1.86. The van der Waals surface area contributed by atoms with Crippen LogP contribution in [0.4, 0.5) is 0 Å². The highest BCUT2D eigenvalue weighted by Crippen LogP contribution is 2.36. The van der Waals surface area contributed by atoms with Gasteiger partial charge in [-0.3, -0.25) is 0 Å². The van der Waals surface area contributed by atoms with Gasteiger partial charge in [0, 0.05) is 27.4 Å². The maximum atomic E-state index is 6.42. The van der Waals surface area contributed by atoms with Crippen LogP contribution in [-0.2, 0) is 6.54 Å². The van der Waals surface area contributed by atoms with Crippen LogP contribution >= 0.6 is 23.4 Å². The van der Waals surface area contributed by atoms with Gasteiger partial charge in [0.2, 0.25) is 0 Å². The van der Waals surface area contributed by atoms with Crippen LogP contribution in [0.15, 0.2) is 46.2 Å². The van der Waals surface area contributed by atoms with Crippen LogP contribution in [0.3, 0.4) is 0 Å². The van der Waals surface area contributed by atoms with Crippen LogP contribution in [0, 0.1) is 13.8 Å². The third-order valence-electron chi connectivity index (χ3n) is 3.78. The van der Waals surface area contributed by atoms with Crippen LogP contribution in [-0.4, -0.2) is 6.04 Å². The Kier molecular flexibility index (Phi) is 4.58. The molecular formula is C18H20ClNS. The van der Waals surface area contributed by atoms with E-state index in [9.17, 15) is 0 Å². The zero-order valence-electron chi connectivity index (χ0n) is 12.4. The summed E-state index contributed by atoms with van der Waals surface area (Å²) in [5.74, 6) is 0. The Morgan fingerprint density at radius 3 is 2.71 bits per heavy atom. The monoisotopic (exact) mass is 317 g/mol. The molecule has 0 unspecified atom stereocenters. The van der Waals surface area contributed by atoms with Gasteiger partial charge in [-0.2, -0.15) is 0 Å². The maximum Gasteiger partial charge on any atom is 0.0462 e. The molecule has 1 N–H and O–H groups in total. The fraction of sp³-hybridized carbons (Fsp3) is 0.333. The third kappa shape index (κ3) is 3.82. The summed E-state index contributed by atoms with van der Waals surface area (Å²) in [5.41, 5.74) is 3.83. The van der Waals surface area contributed by atoms with E-state index in [0.29, 0.717) is 6.04 Å². The maximum absolute atomic E-state index is 6.42. The Morgan fingerprint density at radius 2 is 1.95 bits per heavy atom. The van der Waals surface area contributed by atoms with E-state index in [1.54, 1.807) is 0 Å². The number of benzene rings is 2. The molecule has 0 spiro atoms. The average Bonchev–Trinajstić information content (AvgIpc) is 3.26. The fourth-order valence-electron chi connectivity index (χ4n) is 2.28. The Bertz CT molecular complexity index is 650. The molecule has 0 heterocycles. The second-order valence-corrected chi connectivity index (χ2v) is 7.23. The Morgan fingerprint density at radius 1 is 1.14 bits per heavy atom. The second kappa shape index (κ2) is 6.43. The first-order valence-electron chi connectivity index (χ1n) is 7.39. The van der Waals surface area contributed by atoms with E-state index in [1.807, 2.05) is 23.9 Å². The second-order valence-electron chi connectivity index (χ2n) is 5.74. The first-order valence-corrected chi connectivity index (χ1v) is 8.59. The van der Waals surface area contributed by atoms with E-state index in [4.69, 9.17) is 11.6 Å². The van der Waals surface area contributed by atoms with Gasteiger partial charge < -0.3 is 5.32 Å². The molecule has 0 bridgehead atoms. The first kappa shape index (κ1) is 15.0. The highest BCUT2D eigenvalue weighted by Gasteiger charge is 2.21. The van der Waals surface area contributed by atoms with E-state index < -0.39 is 0 Å². The van der Waals surface area contributed by atoms with Crippen molar-refractivity contribution in [2.24, 2.45) is 0 Å². The third-order valence-corrected chi connectivity index (χ3v) is 5.40. The molecule has 2 aromatic rings. The normalized spacial score (nSPS) is 14.4. The molecule has 0 aromatic heterocycles. The minimum Gasteiger partial charge on any atom is -0.310 e. The predicted octanol–water partition coefficient (Wildman–Crippen LogP) is 5.36. The van der Waals surface area contributed by atoms with Crippen molar-refractivity contribution in [2.75, 3.05) is 0 Å². The van der Waals surface area contributed by atoms with Gasteiger partial charge >= 0.3 is 0 Å². The van der Waals surface area contributed by atoms with Crippen LogP contribution < -0.4 is 5.32 Å². The lowest BCUT2D eigenvalue weighted by Gasteiger charge is -2.13.